The quantitative estimate of drug-likeness (QED) is 0.777. The van der Waals surface area contributed by atoms with Gasteiger partial charge in [0.25, 0.3) is 0 Å². The highest BCUT2D eigenvalue weighted by atomic mass is 16.3. The van der Waals surface area contributed by atoms with Crippen LogP contribution in [0.4, 0.5) is 0 Å². The molecule has 2 heterocycles. The third-order valence-corrected chi connectivity index (χ3v) is 3.65. The maximum absolute atomic E-state index is 9.31. The predicted octanol–water partition coefficient (Wildman–Crippen LogP) is 2.59. The van der Waals surface area contributed by atoms with Crippen molar-refractivity contribution in [1.82, 2.24) is 4.57 Å². The number of para-hydroxylation sites is 1. The van der Waals surface area contributed by atoms with Crippen LogP contribution in [-0.2, 0) is 13.0 Å². The SMILES string of the molecule is OCC1CCCn2c(cc3ccccc32)C1. The van der Waals surface area contributed by atoms with Crippen LogP contribution in [0.5, 0.6) is 0 Å². The van der Waals surface area contributed by atoms with Crippen LogP contribution in [-0.4, -0.2) is 16.3 Å². The fourth-order valence-electron chi connectivity index (χ4n) is 2.79. The van der Waals surface area contributed by atoms with Crippen molar-refractivity contribution in [3.05, 3.63) is 36.0 Å². The van der Waals surface area contributed by atoms with E-state index in [2.05, 4.69) is 34.9 Å². The molecule has 0 aliphatic carbocycles. The van der Waals surface area contributed by atoms with Crippen LogP contribution in [0, 0.1) is 5.92 Å². The summed E-state index contributed by atoms with van der Waals surface area (Å²) in [5.41, 5.74) is 2.73. The zero-order valence-electron chi connectivity index (χ0n) is 9.39. The lowest BCUT2D eigenvalue weighted by molar-refractivity contribution is 0.218. The molecule has 1 aliphatic heterocycles. The molecule has 3 rings (SSSR count). The van der Waals surface area contributed by atoms with E-state index in [4.69, 9.17) is 0 Å². The Labute approximate surface area is 95.5 Å². The Hall–Kier alpha value is -1.28. The van der Waals surface area contributed by atoms with Crippen molar-refractivity contribution in [2.24, 2.45) is 5.92 Å². The average molecular weight is 215 g/mol. The standard InChI is InChI=1S/C14H17NO/c16-10-11-4-3-7-15-13(8-11)9-12-5-1-2-6-14(12)15/h1-2,5-6,9,11,16H,3-4,7-8,10H2. The lowest BCUT2D eigenvalue weighted by atomic mass is 10.00. The summed E-state index contributed by atoms with van der Waals surface area (Å²) in [7, 11) is 0. The molecule has 2 nitrogen and oxygen atoms in total. The number of rotatable bonds is 1. The molecule has 1 aromatic heterocycles. The van der Waals surface area contributed by atoms with Crippen molar-refractivity contribution >= 4 is 10.9 Å². The number of hydrogen-bond donors (Lipinski definition) is 1. The Morgan fingerprint density at radius 2 is 2.19 bits per heavy atom. The molecule has 2 aromatic rings. The molecule has 0 fully saturated rings. The highest BCUT2D eigenvalue weighted by Gasteiger charge is 2.17. The smallest absolute Gasteiger partial charge is 0.0482 e. The average Bonchev–Trinajstić information content (AvgIpc) is 2.54. The van der Waals surface area contributed by atoms with E-state index in [0.29, 0.717) is 12.5 Å². The molecule has 2 heteroatoms. The van der Waals surface area contributed by atoms with Gasteiger partial charge in [-0.25, -0.2) is 0 Å². The first-order valence-electron chi connectivity index (χ1n) is 6.06. The highest BCUT2D eigenvalue weighted by molar-refractivity contribution is 5.81. The summed E-state index contributed by atoms with van der Waals surface area (Å²) in [6.07, 6.45) is 3.34. The van der Waals surface area contributed by atoms with Crippen LogP contribution in [0.3, 0.4) is 0 Å². The Kier molecular flexibility index (Phi) is 2.44. The Bertz CT molecular complexity index is 500. The van der Waals surface area contributed by atoms with Crippen molar-refractivity contribution < 1.29 is 5.11 Å². The van der Waals surface area contributed by atoms with Crippen LogP contribution in [0.1, 0.15) is 18.5 Å². The molecule has 0 amide bonds. The molecule has 0 saturated heterocycles. The van der Waals surface area contributed by atoms with Gasteiger partial charge in [-0.3, -0.25) is 0 Å². The van der Waals surface area contributed by atoms with Gasteiger partial charge < -0.3 is 9.67 Å². The van der Waals surface area contributed by atoms with Crippen LogP contribution in [0.15, 0.2) is 30.3 Å². The maximum Gasteiger partial charge on any atom is 0.0482 e. The van der Waals surface area contributed by atoms with E-state index >= 15 is 0 Å². The molecule has 0 radical (unpaired) electrons. The van der Waals surface area contributed by atoms with E-state index in [-0.39, 0.29) is 0 Å². The van der Waals surface area contributed by atoms with Crippen molar-refractivity contribution in [2.75, 3.05) is 6.61 Å². The summed E-state index contributed by atoms with van der Waals surface area (Å²) in [4.78, 5) is 0. The number of fused-ring (bicyclic) bond motifs is 3. The summed E-state index contributed by atoms with van der Waals surface area (Å²) < 4.78 is 2.42. The second-order valence-electron chi connectivity index (χ2n) is 4.74. The number of aliphatic hydroxyl groups is 1. The summed E-state index contributed by atoms with van der Waals surface area (Å²) in [5, 5.41) is 10.6. The van der Waals surface area contributed by atoms with Gasteiger partial charge in [-0.2, -0.15) is 0 Å². The first-order chi connectivity index (χ1) is 7.88. The molecule has 1 aliphatic rings. The van der Waals surface area contributed by atoms with E-state index in [0.717, 1.165) is 19.4 Å². The number of hydrogen-bond acceptors (Lipinski definition) is 1. The Balaban J connectivity index is 2.10. The number of nitrogens with zero attached hydrogens (tertiary/aromatic N) is 1. The topological polar surface area (TPSA) is 25.2 Å². The van der Waals surface area contributed by atoms with Gasteiger partial charge in [-0.1, -0.05) is 18.2 Å². The van der Waals surface area contributed by atoms with E-state index in [1.54, 1.807) is 0 Å². The highest BCUT2D eigenvalue weighted by Crippen LogP contribution is 2.26. The van der Waals surface area contributed by atoms with Gasteiger partial charge in [0, 0.05) is 24.4 Å². The predicted molar refractivity (Wildman–Crippen MR) is 65.5 cm³/mol. The molecule has 1 N–H and O–H groups in total. The third kappa shape index (κ3) is 1.54. The lowest BCUT2D eigenvalue weighted by Gasteiger charge is -2.08. The van der Waals surface area contributed by atoms with Crippen LogP contribution in [0.25, 0.3) is 10.9 Å². The Morgan fingerprint density at radius 1 is 1.31 bits per heavy atom. The van der Waals surface area contributed by atoms with Gasteiger partial charge in [0.15, 0.2) is 0 Å². The number of aliphatic hydroxyl groups excluding tert-OH is 1. The molecular formula is C14H17NO. The monoisotopic (exact) mass is 215 g/mol. The molecule has 16 heavy (non-hydrogen) atoms. The second kappa shape index (κ2) is 3.95. The minimum Gasteiger partial charge on any atom is -0.396 e. The van der Waals surface area contributed by atoms with E-state index < -0.39 is 0 Å². The molecule has 0 bridgehead atoms. The summed E-state index contributed by atoms with van der Waals surface area (Å²) in [5.74, 6) is 0.450. The van der Waals surface area contributed by atoms with E-state index in [1.807, 2.05) is 0 Å². The summed E-state index contributed by atoms with van der Waals surface area (Å²) in [6.45, 7) is 1.42. The molecular weight excluding hydrogens is 198 g/mol. The van der Waals surface area contributed by atoms with Crippen LogP contribution < -0.4 is 0 Å². The lowest BCUT2D eigenvalue weighted by Crippen LogP contribution is -2.08. The van der Waals surface area contributed by atoms with Crippen molar-refractivity contribution in [1.29, 1.82) is 0 Å². The maximum atomic E-state index is 9.31. The number of aromatic nitrogens is 1. The number of benzene rings is 1. The first-order valence-corrected chi connectivity index (χ1v) is 6.06. The van der Waals surface area contributed by atoms with E-state index in [9.17, 15) is 5.11 Å². The van der Waals surface area contributed by atoms with Crippen molar-refractivity contribution in [2.45, 2.75) is 25.8 Å². The van der Waals surface area contributed by atoms with Gasteiger partial charge in [0.1, 0.15) is 0 Å². The van der Waals surface area contributed by atoms with Gasteiger partial charge in [-0.05, 0) is 42.7 Å². The number of aryl methyl sites for hydroxylation is 1. The molecule has 1 aromatic carbocycles. The zero-order valence-corrected chi connectivity index (χ0v) is 9.39. The molecule has 0 saturated carbocycles. The summed E-state index contributed by atoms with van der Waals surface area (Å²) in [6, 6.07) is 10.8. The molecule has 0 spiro atoms. The van der Waals surface area contributed by atoms with Gasteiger partial charge in [0.2, 0.25) is 0 Å². The fraction of sp³-hybridized carbons (Fsp3) is 0.429. The van der Waals surface area contributed by atoms with Crippen LogP contribution >= 0.6 is 0 Å². The summed E-state index contributed by atoms with van der Waals surface area (Å²) >= 11 is 0. The second-order valence-corrected chi connectivity index (χ2v) is 4.74. The molecule has 1 unspecified atom stereocenters. The normalized spacial score (nSPS) is 20.7. The van der Waals surface area contributed by atoms with Crippen LogP contribution in [0.2, 0.25) is 0 Å². The van der Waals surface area contributed by atoms with Gasteiger partial charge >= 0.3 is 0 Å². The van der Waals surface area contributed by atoms with E-state index in [1.165, 1.54) is 23.0 Å². The minimum atomic E-state index is 0.321. The van der Waals surface area contributed by atoms with Gasteiger partial charge in [0.05, 0.1) is 0 Å². The Morgan fingerprint density at radius 3 is 3.06 bits per heavy atom. The fourth-order valence-corrected chi connectivity index (χ4v) is 2.79. The first kappa shape index (κ1) is 9.91. The van der Waals surface area contributed by atoms with Crippen molar-refractivity contribution in [3.63, 3.8) is 0 Å². The molecule has 1 atom stereocenters. The molecule has 84 valence electrons. The third-order valence-electron chi connectivity index (χ3n) is 3.65. The minimum absolute atomic E-state index is 0.321. The zero-order chi connectivity index (χ0) is 11.0. The van der Waals surface area contributed by atoms with Gasteiger partial charge in [-0.15, -0.1) is 0 Å². The van der Waals surface area contributed by atoms with Crippen molar-refractivity contribution in [3.8, 4) is 0 Å². The largest absolute Gasteiger partial charge is 0.396 e.